The van der Waals surface area contributed by atoms with E-state index in [1.165, 1.54) is 0 Å². The molecule has 3 heterocycles. The van der Waals surface area contributed by atoms with Crippen LogP contribution in [0.3, 0.4) is 0 Å². The van der Waals surface area contributed by atoms with Gasteiger partial charge in [-0.3, -0.25) is 4.79 Å². The van der Waals surface area contributed by atoms with Crippen LogP contribution in [0.15, 0.2) is 18.6 Å². The van der Waals surface area contributed by atoms with E-state index in [4.69, 9.17) is 4.74 Å². The first-order valence-corrected chi connectivity index (χ1v) is 7.94. The number of morpholine rings is 1. The summed E-state index contributed by atoms with van der Waals surface area (Å²) in [6.07, 6.45) is 7.35. The number of imidazole rings is 1. The number of amides is 1. The summed E-state index contributed by atoms with van der Waals surface area (Å²) in [4.78, 5) is 30.9. The van der Waals surface area contributed by atoms with E-state index in [2.05, 4.69) is 19.9 Å². The maximum Gasteiger partial charge on any atom is 0.257 e. The standard InChI is InChI=1S/C16H19N5O2/c1-10-6-17-15(20-10)13-9-23-5-4-21(13)16(22)12-7-18-14(19-8-12)11-2-3-11/h6-8,11,13H,2-5,9H2,1H3,(H,17,20)/t13-/m0/s1. The number of aromatic amines is 1. The van der Waals surface area contributed by atoms with Crippen LogP contribution in [0, 0.1) is 6.92 Å². The van der Waals surface area contributed by atoms with Gasteiger partial charge in [0.05, 0.1) is 18.8 Å². The zero-order chi connectivity index (χ0) is 15.8. The lowest BCUT2D eigenvalue weighted by Gasteiger charge is -2.34. The summed E-state index contributed by atoms with van der Waals surface area (Å²) in [6, 6.07) is -0.201. The van der Waals surface area contributed by atoms with E-state index in [1.54, 1.807) is 23.5 Å². The van der Waals surface area contributed by atoms with Gasteiger partial charge in [-0.15, -0.1) is 0 Å². The molecule has 120 valence electrons. The van der Waals surface area contributed by atoms with Crippen LogP contribution in [0.2, 0.25) is 0 Å². The molecule has 0 radical (unpaired) electrons. The van der Waals surface area contributed by atoms with Crippen molar-refractivity contribution in [2.24, 2.45) is 0 Å². The Labute approximate surface area is 134 Å². The second kappa shape index (κ2) is 5.73. The number of hydrogen-bond donors (Lipinski definition) is 1. The second-order valence-corrected chi connectivity index (χ2v) is 6.14. The first-order chi connectivity index (χ1) is 11.2. The normalized spacial score (nSPS) is 21.4. The third kappa shape index (κ3) is 2.84. The number of carbonyl (C=O) groups is 1. The predicted molar refractivity (Wildman–Crippen MR) is 81.9 cm³/mol. The third-order valence-corrected chi connectivity index (χ3v) is 4.29. The van der Waals surface area contributed by atoms with Crippen molar-refractivity contribution in [1.82, 2.24) is 24.8 Å². The molecule has 1 saturated heterocycles. The summed E-state index contributed by atoms with van der Waals surface area (Å²) in [6.45, 7) is 3.45. The average Bonchev–Trinajstić information content (AvgIpc) is 3.36. The highest BCUT2D eigenvalue weighted by molar-refractivity contribution is 5.94. The lowest BCUT2D eigenvalue weighted by atomic mass is 10.1. The van der Waals surface area contributed by atoms with Crippen molar-refractivity contribution in [2.45, 2.75) is 31.7 Å². The quantitative estimate of drug-likeness (QED) is 0.930. The lowest BCUT2D eigenvalue weighted by molar-refractivity contribution is -0.00505. The van der Waals surface area contributed by atoms with Crippen molar-refractivity contribution in [3.05, 3.63) is 41.5 Å². The van der Waals surface area contributed by atoms with Crippen LogP contribution in [0.4, 0.5) is 0 Å². The topological polar surface area (TPSA) is 84.0 Å². The Morgan fingerprint density at radius 2 is 2.04 bits per heavy atom. The van der Waals surface area contributed by atoms with E-state index in [0.717, 1.165) is 30.2 Å². The van der Waals surface area contributed by atoms with Gasteiger partial charge in [-0.05, 0) is 19.8 Å². The molecule has 0 spiro atoms. The summed E-state index contributed by atoms with van der Waals surface area (Å²) in [5.74, 6) is 2.02. The van der Waals surface area contributed by atoms with Gasteiger partial charge in [0.1, 0.15) is 17.7 Å². The molecule has 2 aromatic heterocycles. The van der Waals surface area contributed by atoms with Gasteiger partial charge in [0.25, 0.3) is 5.91 Å². The number of hydrogen-bond acceptors (Lipinski definition) is 5. The number of rotatable bonds is 3. The molecule has 2 fully saturated rings. The van der Waals surface area contributed by atoms with Crippen LogP contribution < -0.4 is 0 Å². The highest BCUT2D eigenvalue weighted by atomic mass is 16.5. The molecule has 0 unspecified atom stereocenters. The van der Waals surface area contributed by atoms with E-state index in [0.29, 0.717) is 31.2 Å². The van der Waals surface area contributed by atoms with Crippen LogP contribution in [-0.4, -0.2) is 50.5 Å². The Morgan fingerprint density at radius 1 is 1.26 bits per heavy atom. The first kappa shape index (κ1) is 14.3. The maximum atomic E-state index is 12.8. The molecule has 2 aromatic rings. The highest BCUT2D eigenvalue weighted by Gasteiger charge is 2.32. The summed E-state index contributed by atoms with van der Waals surface area (Å²) in [5.41, 5.74) is 1.49. The minimum Gasteiger partial charge on any atom is -0.377 e. The largest absolute Gasteiger partial charge is 0.377 e. The molecule has 1 atom stereocenters. The van der Waals surface area contributed by atoms with Crippen LogP contribution >= 0.6 is 0 Å². The molecule has 4 rings (SSSR count). The summed E-state index contributed by atoms with van der Waals surface area (Å²) in [7, 11) is 0. The first-order valence-electron chi connectivity index (χ1n) is 7.94. The number of nitrogens with zero attached hydrogens (tertiary/aromatic N) is 4. The van der Waals surface area contributed by atoms with Crippen molar-refractivity contribution < 1.29 is 9.53 Å². The Balaban J connectivity index is 1.57. The minimum atomic E-state index is -0.201. The molecule has 2 aliphatic rings. The second-order valence-electron chi connectivity index (χ2n) is 6.14. The molecule has 23 heavy (non-hydrogen) atoms. The molecule has 7 heteroatoms. The van der Waals surface area contributed by atoms with Crippen LogP contribution in [-0.2, 0) is 4.74 Å². The monoisotopic (exact) mass is 313 g/mol. The predicted octanol–water partition coefficient (Wildman–Crippen LogP) is 1.60. The lowest BCUT2D eigenvalue weighted by Crippen LogP contribution is -2.44. The molecule has 1 aliphatic heterocycles. The maximum absolute atomic E-state index is 12.8. The molecule has 0 aromatic carbocycles. The summed E-state index contributed by atoms with van der Waals surface area (Å²) in [5, 5.41) is 0. The molecule has 0 bridgehead atoms. The molecule has 1 saturated carbocycles. The van der Waals surface area contributed by atoms with E-state index in [-0.39, 0.29) is 11.9 Å². The smallest absolute Gasteiger partial charge is 0.257 e. The number of aromatic nitrogens is 4. The SMILES string of the molecule is Cc1cnc([C@@H]2COCCN2C(=O)c2cnc(C3CC3)nc2)[nH]1. The van der Waals surface area contributed by atoms with E-state index >= 15 is 0 Å². The Kier molecular flexibility index (Phi) is 3.57. The molecule has 1 amide bonds. The van der Waals surface area contributed by atoms with Crippen molar-refractivity contribution in [2.75, 3.05) is 19.8 Å². The third-order valence-electron chi connectivity index (χ3n) is 4.29. The van der Waals surface area contributed by atoms with Gasteiger partial charge >= 0.3 is 0 Å². The Morgan fingerprint density at radius 3 is 2.70 bits per heavy atom. The Bertz CT molecular complexity index is 708. The molecule has 1 N–H and O–H groups in total. The zero-order valence-electron chi connectivity index (χ0n) is 13.0. The fourth-order valence-corrected chi connectivity index (χ4v) is 2.84. The van der Waals surface area contributed by atoms with Crippen molar-refractivity contribution in [1.29, 1.82) is 0 Å². The van der Waals surface area contributed by atoms with Crippen molar-refractivity contribution >= 4 is 5.91 Å². The van der Waals surface area contributed by atoms with Gasteiger partial charge in [-0.2, -0.15) is 0 Å². The summed E-state index contributed by atoms with van der Waals surface area (Å²) >= 11 is 0. The van der Waals surface area contributed by atoms with Crippen LogP contribution in [0.25, 0.3) is 0 Å². The van der Waals surface area contributed by atoms with Crippen LogP contribution in [0.1, 0.15) is 52.5 Å². The summed E-state index contributed by atoms with van der Waals surface area (Å²) < 4.78 is 5.54. The highest BCUT2D eigenvalue weighted by Crippen LogP contribution is 2.37. The minimum absolute atomic E-state index is 0.0744. The van der Waals surface area contributed by atoms with Crippen LogP contribution in [0.5, 0.6) is 0 Å². The number of H-pyrrole nitrogens is 1. The molecular formula is C16H19N5O2. The molecule has 1 aliphatic carbocycles. The fourth-order valence-electron chi connectivity index (χ4n) is 2.84. The van der Waals surface area contributed by atoms with Crippen molar-refractivity contribution in [3.8, 4) is 0 Å². The molecular weight excluding hydrogens is 294 g/mol. The zero-order valence-corrected chi connectivity index (χ0v) is 13.0. The van der Waals surface area contributed by atoms with Gasteiger partial charge in [-0.25, -0.2) is 15.0 Å². The number of nitrogens with one attached hydrogen (secondary N) is 1. The number of ether oxygens (including phenoxy) is 1. The number of aryl methyl sites for hydroxylation is 1. The van der Waals surface area contributed by atoms with Crippen molar-refractivity contribution in [3.63, 3.8) is 0 Å². The average molecular weight is 313 g/mol. The van der Waals surface area contributed by atoms with Gasteiger partial charge in [0.2, 0.25) is 0 Å². The van der Waals surface area contributed by atoms with Gasteiger partial charge in [0, 0.05) is 36.7 Å². The Hall–Kier alpha value is -2.28. The molecule has 7 nitrogen and oxygen atoms in total. The van der Waals surface area contributed by atoms with E-state index in [1.807, 2.05) is 6.92 Å². The fraction of sp³-hybridized carbons (Fsp3) is 0.500. The number of carbonyl (C=O) groups excluding carboxylic acids is 1. The van der Waals surface area contributed by atoms with Gasteiger partial charge < -0.3 is 14.6 Å². The van der Waals surface area contributed by atoms with Gasteiger partial charge in [0.15, 0.2) is 0 Å². The van der Waals surface area contributed by atoms with Gasteiger partial charge in [-0.1, -0.05) is 0 Å². The van der Waals surface area contributed by atoms with E-state index in [9.17, 15) is 4.79 Å². The van der Waals surface area contributed by atoms with E-state index < -0.39 is 0 Å².